The highest BCUT2D eigenvalue weighted by Crippen LogP contribution is 2.25. The number of carbonyl (C=O) groups is 2. The van der Waals surface area contributed by atoms with E-state index in [2.05, 4.69) is 17.1 Å². The lowest BCUT2D eigenvalue weighted by Gasteiger charge is -2.38. The van der Waals surface area contributed by atoms with Crippen molar-refractivity contribution in [3.05, 3.63) is 24.3 Å². The maximum absolute atomic E-state index is 12.7. The van der Waals surface area contributed by atoms with E-state index in [0.717, 1.165) is 56.8 Å². The van der Waals surface area contributed by atoms with Gasteiger partial charge in [-0.05, 0) is 76.1 Å². The number of amides is 3. The summed E-state index contributed by atoms with van der Waals surface area (Å²) in [5.41, 5.74) is 0.778. The van der Waals surface area contributed by atoms with Crippen molar-refractivity contribution in [1.82, 2.24) is 14.7 Å². The molecule has 3 amide bonds. The third kappa shape index (κ3) is 5.91. The van der Waals surface area contributed by atoms with Gasteiger partial charge in [-0.3, -0.25) is 9.69 Å². The number of hydrogen-bond donors (Lipinski definition) is 1. The second-order valence-corrected chi connectivity index (χ2v) is 9.17. The predicted molar refractivity (Wildman–Crippen MR) is 121 cm³/mol. The Morgan fingerprint density at radius 1 is 0.935 bits per heavy atom. The van der Waals surface area contributed by atoms with E-state index in [9.17, 15) is 9.59 Å². The molecule has 170 valence electrons. The molecule has 2 heterocycles. The van der Waals surface area contributed by atoms with Crippen LogP contribution in [-0.4, -0.2) is 78.1 Å². The normalized spacial score (nSPS) is 23.1. The van der Waals surface area contributed by atoms with Crippen molar-refractivity contribution in [2.45, 2.75) is 64.0 Å². The first kappa shape index (κ1) is 21.9. The molecule has 0 bridgehead atoms. The number of nitrogens with one attached hydrogen (secondary N) is 1. The molecule has 2 aliphatic heterocycles. The van der Waals surface area contributed by atoms with Crippen LogP contribution in [0.5, 0.6) is 5.75 Å². The van der Waals surface area contributed by atoms with Crippen LogP contribution in [0, 0.1) is 0 Å². The highest BCUT2D eigenvalue weighted by atomic mass is 16.5. The minimum Gasteiger partial charge on any atom is -0.490 e. The number of piperazine rings is 1. The van der Waals surface area contributed by atoms with E-state index in [1.807, 2.05) is 34.1 Å². The molecule has 7 heteroatoms. The molecule has 0 spiro atoms. The number of piperidine rings is 1. The summed E-state index contributed by atoms with van der Waals surface area (Å²) in [6, 6.07) is 7.93. The molecular weight excluding hydrogens is 392 g/mol. The van der Waals surface area contributed by atoms with E-state index < -0.39 is 0 Å². The second kappa shape index (κ2) is 10.4. The first-order valence-electron chi connectivity index (χ1n) is 11.9. The molecule has 1 aliphatic carbocycles. The molecule has 7 nitrogen and oxygen atoms in total. The molecule has 1 saturated carbocycles. The van der Waals surface area contributed by atoms with Gasteiger partial charge >= 0.3 is 6.03 Å². The summed E-state index contributed by atoms with van der Waals surface area (Å²) in [6.07, 6.45) is 8.52. The van der Waals surface area contributed by atoms with Crippen LogP contribution in [0.1, 0.15) is 51.9 Å². The minimum absolute atomic E-state index is 0.0832. The van der Waals surface area contributed by atoms with E-state index in [4.69, 9.17) is 4.74 Å². The Hall–Kier alpha value is -2.28. The van der Waals surface area contributed by atoms with Crippen molar-refractivity contribution >= 4 is 17.6 Å². The molecule has 1 atom stereocenters. The van der Waals surface area contributed by atoms with E-state index in [-0.39, 0.29) is 11.9 Å². The number of rotatable bonds is 5. The number of anilines is 1. The van der Waals surface area contributed by atoms with Crippen LogP contribution in [-0.2, 0) is 4.79 Å². The van der Waals surface area contributed by atoms with Gasteiger partial charge in [-0.25, -0.2) is 4.79 Å². The molecule has 1 aromatic rings. The monoisotopic (exact) mass is 428 g/mol. The molecule has 3 aliphatic rings. The molecular formula is C24H36N4O3. The summed E-state index contributed by atoms with van der Waals surface area (Å²) in [7, 11) is 0. The van der Waals surface area contributed by atoms with Gasteiger partial charge in [0.2, 0.25) is 5.91 Å². The smallest absolute Gasteiger partial charge is 0.321 e. The zero-order chi connectivity index (χ0) is 21.6. The molecule has 3 fully saturated rings. The fraction of sp³-hybridized carbons (Fsp3) is 0.667. The zero-order valence-corrected chi connectivity index (χ0v) is 18.7. The molecule has 1 aromatic carbocycles. The number of benzene rings is 1. The largest absolute Gasteiger partial charge is 0.490 e. The Morgan fingerprint density at radius 2 is 1.61 bits per heavy atom. The number of urea groups is 1. The van der Waals surface area contributed by atoms with Crippen molar-refractivity contribution in [3.63, 3.8) is 0 Å². The SMILES string of the molecule is CC1CCCCN1C(=O)CN1CCN(C(=O)Nc2ccc(OC3CCCC3)cc2)CC1. The fourth-order valence-electron chi connectivity index (χ4n) is 4.88. The summed E-state index contributed by atoms with van der Waals surface area (Å²) >= 11 is 0. The third-order valence-electron chi connectivity index (χ3n) is 6.85. The van der Waals surface area contributed by atoms with E-state index in [0.29, 0.717) is 31.8 Å². The summed E-state index contributed by atoms with van der Waals surface area (Å²) in [4.78, 5) is 31.3. The maximum atomic E-state index is 12.7. The lowest BCUT2D eigenvalue weighted by molar-refractivity contribution is -0.136. The first-order valence-corrected chi connectivity index (χ1v) is 11.9. The Bertz CT molecular complexity index is 740. The second-order valence-electron chi connectivity index (χ2n) is 9.17. The molecule has 0 radical (unpaired) electrons. The summed E-state index contributed by atoms with van der Waals surface area (Å²) < 4.78 is 5.99. The van der Waals surface area contributed by atoms with Gasteiger partial charge in [0.15, 0.2) is 0 Å². The van der Waals surface area contributed by atoms with Crippen molar-refractivity contribution in [2.24, 2.45) is 0 Å². The standard InChI is InChI=1S/C24H36N4O3/c1-19-6-4-5-13-28(19)23(29)18-26-14-16-27(17-15-26)24(30)25-20-9-11-22(12-10-20)31-21-7-2-3-8-21/h9-12,19,21H,2-8,13-18H2,1H3,(H,25,30). The molecule has 31 heavy (non-hydrogen) atoms. The third-order valence-corrected chi connectivity index (χ3v) is 6.85. The molecule has 2 saturated heterocycles. The summed E-state index contributed by atoms with van der Waals surface area (Å²) in [5.74, 6) is 1.09. The average molecular weight is 429 g/mol. The van der Waals surface area contributed by atoms with Crippen LogP contribution < -0.4 is 10.1 Å². The average Bonchev–Trinajstić information content (AvgIpc) is 3.29. The topological polar surface area (TPSA) is 65.1 Å². The number of carbonyl (C=O) groups excluding carboxylic acids is 2. The Kier molecular flexibility index (Phi) is 7.33. The quantitative estimate of drug-likeness (QED) is 0.779. The molecule has 1 N–H and O–H groups in total. The van der Waals surface area contributed by atoms with Crippen LogP contribution in [0.15, 0.2) is 24.3 Å². The van der Waals surface area contributed by atoms with E-state index in [1.165, 1.54) is 19.3 Å². The van der Waals surface area contributed by atoms with Gasteiger partial charge in [0.1, 0.15) is 5.75 Å². The van der Waals surface area contributed by atoms with Crippen molar-refractivity contribution in [1.29, 1.82) is 0 Å². The fourth-order valence-corrected chi connectivity index (χ4v) is 4.88. The number of nitrogens with zero attached hydrogens (tertiary/aromatic N) is 3. The number of likely N-dealkylation sites (tertiary alicyclic amines) is 1. The van der Waals surface area contributed by atoms with Crippen LogP contribution in [0.25, 0.3) is 0 Å². The summed E-state index contributed by atoms with van der Waals surface area (Å²) in [6.45, 7) is 6.22. The Balaban J connectivity index is 1.19. The van der Waals surface area contributed by atoms with Crippen molar-refractivity contribution < 1.29 is 14.3 Å². The van der Waals surface area contributed by atoms with Gasteiger partial charge in [-0.2, -0.15) is 0 Å². The first-order chi connectivity index (χ1) is 15.1. The van der Waals surface area contributed by atoms with Crippen LogP contribution in [0.3, 0.4) is 0 Å². The molecule has 0 aromatic heterocycles. The van der Waals surface area contributed by atoms with Crippen molar-refractivity contribution in [3.8, 4) is 5.75 Å². The highest BCUT2D eigenvalue weighted by molar-refractivity contribution is 5.89. The number of hydrogen-bond acceptors (Lipinski definition) is 4. The van der Waals surface area contributed by atoms with Gasteiger partial charge in [0, 0.05) is 44.5 Å². The number of ether oxygens (including phenoxy) is 1. The van der Waals surface area contributed by atoms with Crippen molar-refractivity contribution in [2.75, 3.05) is 44.6 Å². The van der Waals surface area contributed by atoms with Gasteiger partial charge in [-0.1, -0.05) is 0 Å². The van der Waals surface area contributed by atoms with Gasteiger partial charge in [-0.15, -0.1) is 0 Å². The zero-order valence-electron chi connectivity index (χ0n) is 18.7. The van der Waals surface area contributed by atoms with Gasteiger partial charge in [0.25, 0.3) is 0 Å². The summed E-state index contributed by atoms with van der Waals surface area (Å²) in [5, 5.41) is 2.98. The predicted octanol–water partition coefficient (Wildman–Crippen LogP) is 3.56. The van der Waals surface area contributed by atoms with E-state index in [1.54, 1.807) is 0 Å². The maximum Gasteiger partial charge on any atom is 0.321 e. The lowest BCUT2D eigenvalue weighted by Crippen LogP contribution is -2.53. The molecule has 4 rings (SSSR count). The van der Waals surface area contributed by atoms with Gasteiger partial charge in [0.05, 0.1) is 12.6 Å². The molecule has 1 unspecified atom stereocenters. The Morgan fingerprint density at radius 3 is 2.29 bits per heavy atom. The van der Waals surface area contributed by atoms with Crippen LogP contribution in [0.2, 0.25) is 0 Å². The lowest BCUT2D eigenvalue weighted by atomic mass is 10.0. The Labute approximate surface area is 185 Å². The van der Waals surface area contributed by atoms with Crippen LogP contribution >= 0.6 is 0 Å². The van der Waals surface area contributed by atoms with Crippen LogP contribution in [0.4, 0.5) is 10.5 Å². The highest BCUT2D eigenvalue weighted by Gasteiger charge is 2.27. The minimum atomic E-state index is -0.0832. The van der Waals surface area contributed by atoms with Gasteiger partial charge < -0.3 is 19.9 Å². The van der Waals surface area contributed by atoms with E-state index >= 15 is 0 Å².